The summed E-state index contributed by atoms with van der Waals surface area (Å²) < 4.78 is 10.9. The Labute approximate surface area is 154 Å². The van der Waals surface area contributed by atoms with Gasteiger partial charge in [0.05, 0.1) is 13.2 Å². The van der Waals surface area contributed by atoms with Crippen LogP contribution in [0.4, 0.5) is 0 Å². The van der Waals surface area contributed by atoms with Crippen LogP contribution in [-0.2, 0) is 9.47 Å². The number of benzene rings is 1. The second-order valence-corrected chi connectivity index (χ2v) is 7.08. The Balaban J connectivity index is 1.50. The zero-order valence-electron chi connectivity index (χ0n) is 15.2. The Bertz CT molecular complexity index is 733. The second kappa shape index (κ2) is 8.20. The van der Waals surface area contributed by atoms with E-state index < -0.39 is 0 Å². The van der Waals surface area contributed by atoms with Gasteiger partial charge in [-0.05, 0) is 37.1 Å². The summed E-state index contributed by atoms with van der Waals surface area (Å²) in [4.78, 5) is 21.0. The van der Waals surface area contributed by atoms with E-state index in [0.717, 1.165) is 81.9 Å². The Morgan fingerprint density at radius 1 is 1.12 bits per heavy atom. The van der Waals surface area contributed by atoms with Crippen LogP contribution in [0.15, 0.2) is 30.5 Å². The second-order valence-electron chi connectivity index (χ2n) is 7.08. The molecule has 1 aromatic heterocycles. The molecule has 0 aliphatic carbocycles. The third kappa shape index (κ3) is 3.92. The number of nitrogens with zero attached hydrogens (tertiary/aromatic N) is 2. The highest BCUT2D eigenvalue weighted by Gasteiger charge is 2.27. The first-order valence-corrected chi connectivity index (χ1v) is 9.57. The maximum absolute atomic E-state index is 13.3. The predicted molar refractivity (Wildman–Crippen MR) is 100 cm³/mol. The number of morpholine rings is 1. The van der Waals surface area contributed by atoms with E-state index in [0.29, 0.717) is 0 Å². The van der Waals surface area contributed by atoms with Crippen molar-refractivity contribution in [2.45, 2.75) is 18.9 Å². The molecule has 1 aromatic carbocycles. The number of H-pyrrole nitrogens is 1. The van der Waals surface area contributed by atoms with E-state index in [4.69, 9.17) is 9.47 Å². The van der Waals surface area contributed by atoms with Gasteiger partial charge in [-0.1, -0.05) is 0 Å². The summed E-state index contributed by atoms with van der Waals surface area (Å²) >= 11 is 0. The highest BCUT2D eigenvalue weighted by atomic mass is 16.5. The minimum atomic E-state index is 0.133. The molecule has 6 nitrogen and oxygen atoms in total. The van der Waals surface area contributed by atoms with Gasteiger partial charge in [0, 0.05) is 68.1 Å². The largest absolute Gasteiger partial charge is 0.381 e. The minimum Gasteiger partial charge on any atom is -0.381 e. The number of ether oxygens (including phenoxy) is 2. The molecule has 6 heteroatoms. The van der Waals surface area contributed by atoms with E-state index in [2.05, 4.69) is 14.8 Å². The van der Waals surface area contributed by atoms with Gasteiger partial charge in [0.15, 0.2) is 0 Å². The first-order chi connectivity index (χ1) is 12.8. The van der Waals surface area contributed by atoms with Gasteiger partial charge in [0.25, 0.3) is 5.91 Å². The third-order valence-corrected chi connectivity index (χ3v) is 5.45. The summed E-state index contributed by atoms with van der Waals surface area (Å²) in [5, 5.41) is 1.08. The third-order valence-electron chi connectivity index (χ3n) is 5.45. The number of hydrogen-bond donors (Lipinski definition) is 1. The van der Waals surface area contributed by atoms with Gasteiger partial charge in [0.2, 0.25) is 0 Å². The molecular formula is C20H27N3O3. The average Bonchev–Trinajstić information content (AvgIpc) is 3.17. The monoisotopic (exact) mass is 357 g/mol. The fourth-order valence-corrected chi connectivity index (χ4v) is 3.87. The lowest BCUT2D eigenvalue weighted by molar-refractivity contribution is 0.0141. The number of aromatic amines is 1. The van der Waals surface area contributed by atoms with Gasteiger partial charge in [-0.25, -0.2) is 0 Å². The Morgan fingerprint density at radius 2 is 1.88 bits per heavy atom. The quantitative estimate of drug-likeness (QED) is 0.891. The van der Waals surface area contributed by atoms with E-state index in [9.17, 15) is 4.79 Å². The van der Waals surface area contributed by atoms with Gasteiger partial charge < -0.3 is 19.4 Å². The standard InChI is InChI=1S/C20H27N3O3/c24-20(17-1-2-19-16(15-17)3-6-21-19)23(18-4-11-25-12-5-18)8-7-22-9-13-26-14-10-22/h1-3,6,15,18,21H,4-5,7-14H2. The Hall–Kier alpha value is -1.89. The average molecular weight is 357 g/mol. The lowest BCUT2D eigenvalue weighted by Gasteiger charge is -2.36. The summed E-state index contributed by atoms with van der Waals surface area (Å²) in [6.45, 7) is 6.61. The summed E-state index contributed by atoms with van der Waals surface area (Å²) in [5.74, 6) is 0.133. The fraction of sp³-hybridized carbons (Fsp3) is 0.550. The van der Waals surface area contributed by atoms with Crippen molar-refractivity contribution < 1.29 is 14.3 Å². The first kappa shape index (κ1) is 17.5. The smallest absolute Gasteiger partial charge is 0.254 e. The molecule has 0 unspecified atom stereocenters. The van der Waals surface area contributed by atoms with Crippen molar-refractivity contribution in [2.75, 3.05) is 52.6 Å². The van der Waals surface area contributed by atoms with E-state index in [1.807, 2.05) is 30.5 Å². The lowest BCUT2D eigenvalue weighted by Crippen LogP contribution is -2.48. The molecule has 1 amide bonds. The molecule has 2 aliphatic heterocycles. The molecule has 4 rings (SSSR count). The fourth-order valence-electron chi connectivity index (χ4n) is 3.87. The summed E-state index contributed by atoms with van der Waals surface area (Å²) in [7, 11) is 0. The maximum Gasteiger partial charge on any atom is 0.254 e. The molecule has 3 heterocycles. The summed E-state index contributed by atoms with van der Waals surface area (Å²) in [5.41, 5.74) is 1.83. The molecule has 140 valence electrons. The van der Waals surface area contributed by atoms with Gasteiger partial charge in [-0.2, -0.15) is 0 Å². The van der Waals surface area contributed by atoms with Crippen LogP contribution in [0, 0.1) is 0 Å². The zero-order chi connectivity index (χ0) is 17.8. The van der Waals surface area contributed by atoms with Crippen LogP contribution in [0.25, 0.3) is 10.9 Å². The molecule has 2 aromatic rings. The van der Waals surface area contributed by atoms with Gasteiger partial charge in [-0.3, -0.25) is 9.69 Å². The summed E-state index contributed by atoms with van der Waals surface area (Å²) in [6, 6.07) is 8.20. The molecule has 2 fully saturated rings. The van der Waals surface area contributed by atoms with Crippen LogP contribution in [0.1, 0.15) is 23.2 Å². The van der Waals surface area contributed by atoms with Crippen LogP contribution in [-0.4, -0.2) is 79.3 Å². The maximum atomic E-state index is 13.3. The molecule has 0 radical (unpaired) electrons. The van der Waals surface area contributed by atoms with Crippen LogP contribution in [0.5, 0.6) is 0 Å². The van der Waals surface area contributed by atoms with Crippen molar-refractivity contribution >= 4 is 16.8 Å². The van der Waals surface area contributed by atoms with Crippen LogP contribution >= 0.6 is 0 Å². The molecule has 2 aliphatic rings. The Morgan fingerprint density at radius 3 is 2.69 bits per heavy atom. The van der Waals surface area contributed by atoms with E-state index in [1.165, 1.54) is 0 Å². The molecular weight excluding hydrogens is 330 g/mol. The van der Waals surface area contributed by atoms with Crippen molar-refractivity contribution in [3.05, 3.63) is 36.0 Å². The van der Waals surface area contributed by atoms with Crippen molar-refractivity contribution in [1.29, 1.82) is 0 Å². The number of amides is 1. The number of carbonyl (C=O) groups is 1. The zero-order valence-corrected chi connectivity index (χ0v) is 15.2. The molecule has 0 spiro atoms. The number of hydrogen-bond acceptors (Lipinski definition) is 4. The molecule has 1 N–H and O–H groups in total. The highest BCUT2D eigenvalue weighted by molar-refractivity contribution is 5.98. The van der Waals surface area contributed by atoms with Gasteiger partial charge in [0.1, 0.15) is 0 Å². The summed E-state index contributed by atoms with van der Waals surface area (Å²) in [6.07, 6.45) is 3.75. The van der Waals surface area contributed by atoms with E-state index in [-0.39, 0.29) is 11.9 Å². The predicted octanol–water partition coefficient (Wildman–Crippen LogP) is 2.12. The number of nitrogens with one attached hydrogen (secondary N) is 1. The van der Waals surface area contributed by atoms with Crippen molar-refractivity contribution in [3.63, 3.8) is 0 Å². The topological polar surface area (TPSA) is 57.8 Å². The number of fused-ring (bicyclic) bond motifs is 1. The molecule has 26 heavy (non-hydrogen) atoms. The van der Waals surface area contributed by atoms with Crippen LogP contribution in [0.2, 0.25) is 0 Å². The molecule has 2 saturated heterocycles. The van der Waals surface area contributed by atoms with Crippen molar-refractivity contribution in [2.24, 2.45) is 0 Å². The Kier molecular flexibility index (Phi) is 5.53. The highest BCUT2D eigenvalue weighted by Crippen LogP contribution is 2.20. The van der Waals surface area contributed by atoms with Gasteiger partial charge in [-0.15, -0.1) is 0 Å². The number of aromatic nitrogens is 1. The van der Waals surface area contributed by atoms with Crippen LogP contribution < -0.4 is 0 Å². The van der Waals surface area contributed by atoms with Crippen LogP contribution in [0.3, 0.4) is 0 Å². The first-order valence-electron chi connectivity index (χ1n) is 9.57. The van der Waals surface area contributed by atoms with Gasteiger partial charge >= 0.3 is 0 Å². The lowest BCUT2D eigenvalue weighted by atomic mass is 10.0. The molecule has 0 atom stereocenters. The molecule has 0 saturated carbocycles. The molecule has 0 bridgehead atoms. The van der Waals surface area contributed by atoms with Crippen molar-refractivity contribution in [1.82, 2.24) is 14.8 Å². The van der Waals surface area contributed by atoms with E-state index in [1.54, 1.807) is 0 Å². The SMILES string of the molecule is O=C(c1ccc2[nH]ccc2c1)N(CCN1CCOCC1)C1CCOCC1. The number of rotatable bonds is 5. The minimum absolute atomic E-state index is 0.133. The van der Waals surface area contributed by atoms with Crippen molar-refractivity contribution in [3.8, 4) is 0 Å². The number of carbonyl (C=O) groups excluding carboxylic acids is 1. The normalized spacial score (nSPS) is 19.7. The van der Waals surface area contributed by atoms with E-state index >= 15 is 0 Å².